The first kappa shape index (κ1) is 21.4. The SMILES string of the molecule is Cc1nnc(NC(C)c2cccc(C(F)F)c2)c2cc(C3CCNCC3)c(=O)n(C)c12. The Hall–Kier alpha value is -2.87. The molecule has 1 aromatic carbocycles. The number of fused-ring (bicyclic) bond motifs is 1. The van der Waals surface area contributed by atoms with Crippen molar-refractivity contribution in [3.8, 4) is 0 Å². The molecule has 8 heteroatoms. The minimum Gasteiger partial charge on any atom is -0.361 e. The van der Waals surface area contributed by atoms with Crippen LogP contribution in [0.2, 0.25) is 0 Å². The number of aromatic nitrogens is 3. The Morgan fingerprint density at radius 3 is 2.58 bits per heavy atom. The maximum atomic E-state index is 13.1. The van der Waals surface area contributed by atoms with E-state index in [1.54, 1.807) is 17.7 Å². The molecule has 4 rings (SSSR count). The fourth-order valence-corrected chi connectivity index (χ4v) is 4.39. The Kier molecular flexibility index (Phi) is 6.00. The molecular weight excluding hydrogens is 400 g/mol. The molecule has 3 aromatic rings. The average molecular weight is 427 g/mol. The van der Waals surface area contributed by atoms with Gasteiger partial charge in [0, 0.05) is 23.6 Å². The summed E-state index contributed by atoms with van der Waals surface area (Å²) in [5, 5.41) is 16.1. The van der Waals surface area contributed by atoms with Gasteiger partial charge in [0.25, 0.3) is 12.0 Å². The maximum Gasteiger partial charge on any atom is 0.263 e. The minimum absolute atomic E-state index is 0.000803. The van der Waals surface area contributed by atoms with Crippen molar-refractivity contribution in [1.29, 1.82) is 0 Å². The van der Waals surface area contributed by atoms with E-state index in [1.807, 2.05) is 26.0 Å². The topological polar surface area (TPSA) is 71.8 Å². The highest BCUT2D eigenvalue weighted by molar-refractivity contribution is 5.91. The molecule has 1 atom stereocenters. The van der Waals surface area contributed by atoms with E-state index in [0.29, 0.717) is 11.5 Å². The van der Waals surface area contributed by atoms with Crippen molar-refractivity contribution in [3.05, 3.63) is 63.1 Å². The van der Waals surface area contributed by atoms with Crippen molar-refractivity contribution in [1.82, 2.24) is 20.1 Å². The zero-order valence-electron chi connectivity index (χ0n) is 18.0. The van der Waals surface area contributed by atoms with E-state index in [0.717, 1.165) is 48.0 Å². The molecular formula is C23H27F2N5O. The molecule has 2 aromatic heterocycles. The van der Waals surface area contributed by atoms with Crippen molar-refractivity contribution in [3.63, 3.8) is 0 Å². The van der Waals surface area contributed by atoms with Gasteiger partial charge in [-0.2, -0.15) is 5.10 Å². The average Bonchev–Trinajstić information content (AvgIpc) is 2.78. The number of rotatable bonds is 5. The van der Waals surface area contributed by atoms with E-state index in [9.17, 15) is 13.6 Å². The Balaban J connectivity index is 1.77. The largest absolute Gasteiger partial charge is 0.361 e. The second-order valence-electron chi connectivity index (χ2n) is 8.22. The fraction of sp³-hybridized carbons (Fsp3) is 0.435. The Bertz CT molecular complexity index is 1150. The number of benzene rings is 1. The number of alkyl halides is 2. The summed E-state index contributed by atoms with van der Waals surface area (Å²) in [7, 11) is 1.77. The summed E-state index contributed by atoms with van der Waals surface area (Å²) in [5.41, 5.74) is 2.91. The van der Waals surface area contributed by atoms with Crippen LogP contribution >= 0.6 is 0 Å². The maximum absolute atomic E-state index is 13.1. The van der Waals surface area contributed by atoms with Gasteiger partial charge in [-0.15, -0.1) is 5.10 Å². The van der Waals surface area contributed by atoms with Crippen LogP contribution in [-0.2, 0) is 7.05 Å². The molecule has 1 unspecified atom stereocenters. The lowest BCUT2D eigenvalue weighted by Crippen LogP contribution is -2.31. The van der Waals surface area contributed by atoms with E-state index in [2.05, 4.69) is 20.8 Å². The van der Waals surface area contributed by atoms with E-state index >= 15 is 0 Å². The van der Waals surface area contributed by atoms with Gasteiger partial charge in [0.05, 0.1) is 17.3 Å². The number of pyridine rings is 1. The van der Waals surface area contributed by atoms with E-state index in [-0.39, 0.29) is 23.1 Å². The number of anilines is 1. The first-order chi connectivity index (χ1) is 14.9. The number of aryl methyl sites for hydroxylation is 2. The zero-order valence-corrected chi connectivity index (χ0v) is 18.0. The molecule has 0 bridgehead atoms. The van der Waals surface area contributed by atoms with Gasteiger partial charge in [-0.1, -0.05) is 18.2 Å². The summed E-state index contributed by atoms with van der Waals surface area (Å²) < 4.78 is 27.9. The Morgan fingerprint density at radius 1 is 1.16 bits per heavy atom. The van der Waals surface area contributed by atoms with Crippen molar-refractivity contribution in [2.24, 2.45) is 7.05 Å². The Morgan fingerprint density at radius 2 is 1.87 bits per heavy atom. The van der Waals surface area contributed by atoms with Crippen LogP contribution in [0.4, 0.5) is 14.6 Å². The third-order valence-electron chi connectivity index (χ3n) is 6.13. The minimum atomic E-state index is -2.52. The molecule has 2 N–H and O–H groups in total. The molecule has 6 nitrogen and oxygen atoms in total. The van der Waals surface area contributed by atoms with Gasteiger partial charge >= 0.3 is 0 Å². The lowest BCUT2D eigenvalue weighted by molar-refractivity contribution is 0.151. The summed E-state index contributed by atoms with van der Waals surface area (Å²) in [6, 6.07) is 8.04. The number of nitrogens with zero attached hydrogens (tertiary/aromatic N) is 3. The number of halogens is 2. The third-order valence-corrected chi connectivity index (χ3v) is 6.13. The molecule has 0 radical (unpaired) electrons. The monoisotopic (exact) mass is 427 g/mol. The predicted molar refractivity (Wildman–Crippen MR) is 118 cm³/mol. The smallest absolute Gasteiger partial charge is 0.263 e. The molecule has 31 heavy (non-hydrogen) atoms. The molecule has 1 aliphatic rings. The van der Waals surface area contributed by atoms with Crippen molar-refractivity contribution < 1.29 is 8.78 Å². The third kappa shape index (κ3) is 4.17. The lowest BCUT2D eigenvalue weighted by Gasteiger charge is -2.24. The van der Waals surface area contributed by atoms with E-state index in [4.69, 9.17) is 0 Å². The summed E-state index contributed by atoms with van der Waals surface area (Å²) in [5.74, 6) is 0.743. The van der Waals surface area contributed by atoms with Gasteiger partial charge in [-0.05, 0) is 63.4 Å². The van der Waals surface area contributed by atoms with Crippen molar-refractivity contribution >= 4 is 16.7 Å². The zero-order chi connectivity index (χ0) is 22.1. The van der Waals surface area contributed by atoms with Crippen LogP contribution in [0.3, 0.4) is 0 Å². The van der Waals surface area contributed by atoms with Gasteiger partial charge in [0.1, 0.15) is 0 Å². The first-order valence-electron chi connectivity index (χ1n) is 10.6. The van der Waals surface area contributed by atoms with Crippen LogP contribution in [-0.4, -0.2) is 27.9 Å². The molecule has 164 valence electrons. The number of nitrogens with one attached hydrogen (secondary N) is 2. The van der Waals surface area contributed by atoms with Crippen LogP contribution in [0.5, 0.6) is 0 Å². The predicted octanol–water partition coefficient (Wildman–Crippen LogP) is 4.21. The van der Waals surface area contributed by atoms with Gasteiger partial charge < -0.3 is 15.2 Å². The summed E-state index contributed by atoms with van der Waals surface area (Å²) in [6.07, 6.45) is -0.690. The molecule has 1 saturated heterocycles. The molecule has 0 spiro atoms. The standard InChI is InChI=1S/C23H27F2N5O/c1-13(16-5-4-6-17(11-16)21(24)25)27-22-19-12-18(15-7-9-26-10-8-15)23(31)30(3)20(19)14(2)28-29-22/h4-6,11-13,15,21,26H,7-10H2,1-3H3,(H,27,29). The molecule has 1 aliphatic heterocycles. The van der Waals surface area contributed by atoms with E-state index in [1.165, 1.54) is 12.1 Å². The van der Waals surface area contributed by atoms with Gasteiger partial charge in [-0.3, -0.25) is 4.79 Å². The highest BCUT2D eigenvalue weighted by atomic mass is 19.3. The first-order valence-corrected chi connectivity index (χ1v) is 10.6. The Labute approximate surface area is 179 Å². The van der Waals surface area contributed by atoms with Crippen LogP contribution in [0, 0.1) is 6.92 Å². The lowest BCUT2D eigenvalue weighted by atomic mass is 9.90. The van der Waals surface area contributed by atoms with Crippen LogP contribution in [0.15, 0.2) is 35.1 Å². The highest BCUT2D eigenvalue weighted by Crippen LogP contribution is 2.31. The molecule has 0 saturated carbocycles. The number of piperidine rings is 1. The summed E-state index contributed by atoms with van der Waals surface area (Å²) >= 11 is 0. The molecule has 1 fully saturated rings. The fourth-order valence-electron chi connectivity index (χ4n) is 4.39. The van der Waals surface area contributed by atoms with Crippen LogP contribution in [0.1, 0.15) is 60.5 Å². The van der Waals surface area contributed by atoms with Gasteiger partial charge in [0.2, 0.25) is 0 Å². The molecule has 0 aliphatic carbocycles. The number of hydrogen-bond donors (Lipinski definition) is 2. The van der Waals surface area contributed by atoms with Crippen molar-refractivity contribution in [2.75, 3.05) is 18.4 Å². The van der Waals surface area contributed by atoms with Crippen LogP contribution < -0.4 is 16.2 Å². The van der Waals surface area contributed by atoms with Gasteiger partial charge in [0.15, 0.2) is 5.82 Å². The second kappa shape index (κ2) is 8.70. The highest BCUT2D eigenvalue weighted by Gasteiger charge is 2.22. The molecule has 3 heterocycles. The van der Waals surface area contributed by atoms with E-state index < -0.39 is 6.43 Å². The van der Waals surface area contributed by atoms with Crippen LogP contribution in [0.25, 0.3) is 10.9 Å². The molecule has 0 amide bonds. The normalized spacial score (nSPS) is 16.1. The number of hydrogen-bond acceptors (Lipinski definition) is 5. The van der Waals surface area contributed by atoms with Gasteiger partial charge in [-0.25, -0.2) is 8.78 Å². The second-order valence-corrected chi connectivity index (χ2v) is 8.22. The summed E-state index contributed by atoms with van der Waals surface area (Å²) in [6.45, 7) is 5.51. The quantitative estimate of drug-likeness (QED) is 0.638. The van der Waals surface area contributed by atoms with Crippen molar-refractivity contribution in [2.45, 2.75) is 45.1 Å². The summed E-state index contributed by atoms with van der Waals surface area (Å²) in [4.78, 5) is 13.1.